The summed E-state index contributed by atoms with van der Waals surface area (Å²) in [5.41, 5.74) is 0.538. The highest BCUT2D eigenvalue weighted by atomic mass is 16.6. The fourth-order valence-electron chi connectivity index (χ4n) is 2.08. The van der Waals surface area contributed by atoms with Crippen LogP contribution < -0.4 is 4.74 Å². The second-order valence-electron chi connectivity index (χ2n) is 4.88. The van der Waals surface area contributed by atoms with Crippen LogP contribution in [0.1, 0.15) is 12.5 Å². The highest BCUT2D eigenvalue weighted by molar-refractivity contribution is 5.68. The Morgan fingerprint density at radius 1 is 1.52 bits per heavy atom. The van der Waals surface area contributed by atoms with Gasteiger partial charge in [0.15, 0.2) is 5.76 Å². The highest BCUT2D eigenvalue weighted by Gasteiger charge is 2.21. The van der Waals surface area contributed by atoms with E-state index in [2.05, 4.69) is 0 Å². The predicted molar refractivity (Wildman–Crippen MR) is 81.1 cm³/mol. The van der Waals surface area contributed by atoms with Crippen LogP contribution in [0, 0.1) is 17.0 Å². The molecule has 1 aromatic carbocycles. The van der Waals surface area contributed by atoms with Crippen molar-refractivity contribution in [3.8, 4) is 5.75 Å². The maximum absolute atomic E-state index is 11.7. The number of nitro groups is 1. The number of carbonyl (C=O) groups is 1. The summed E-state index contributed by atoms with van der Waals surface area (Å²) in [7, 11) is 0. The van der Waals surface area contributed by atoms with E-state index in [0.29, 0.717) is 36.8 Å². The monoisotopic (exact) mass is 322 g/mol. The molecule has 1 aliphatic heterocycles. The van der Waals surface area contributed by atoms with Gasteiger partial charge in [-0.1, -0.05) is 0 Å². The van der Waals surface area contributed by atoms with Crippen LogP contribution in [-0.2, 0) is 9.47 Å². The molecule has 0 N–H and O–H groups in total. The lowest BCUT2D eigenvalue weighted by molar-refractivity contribution is -0.385. The Morgan fingerprint density at radius 3 is 2.96 bits per heavy atom. The van der Waals surface area contributed by atoms with Crippen molar-refractivity contribution in [2.45, 2.75) is 13.8 Å². The maximum Gasteiger partial charge on any atom is 0.410 e. The fourth-order valence-corrected chi connectivity index (χ4v) is 2.08. The van der Waals surface area contributed by atoms with E-state index in [4.69, 9.17) is 14.2 Å². The van der Waals surface area contributed by atoms with Crippen molar-refractivity contribution in [2.24, 2.45) is 0 Å². The lowest BCUT2D eigenvalue weighted by Gasteiger charge is -2.27. The van der Waals surface area contributed by atoms with Crippen LogP contribution in [0.15, 0.2) is 30.2 Å². The summed E-state index contributed by atoms with van der Waals surface area (Å²) in [5.74, 6) is 0.942. The van der Waals surface area contributed by atoms with Gasteiger partial charge in [-0.25, -0.2) is 4.79 Å². The summed E-state index contributed by atoms with van der Waals surface area (Å²) in [4.78, 5) is 23.5. The lowest BCUT2D eigenvalue weighted by atomic mass is 10.2. The van der Waals surface area contributed by atoms with Gasteiger partial charge in [0.2, 0.25) is 0 Å². The van der Waals surface area contributed by atoms with Crippen LogP contribution >= 0.6 is 0 Å². The fraction of sp³-hybridized carbons (Fsp3) is 0.400. The van der Waals surface area contributed by atoms with E-state index in [9.17, 15) is 14.9 Å². The molecule has 0 unspecified atom stereocenters. The molecular weight excluding hydrogens is 304 g/mol. The first kappa shape index (κ1) is 16.6. The van der Waals surface area contributed by atoms with Crippen molar-refractivity contribution in [3.63, 3.8) is 0 Å². The van der Waals surface area contributed by atoms with E-state index in [1.165, 1.54) is 23.3 Å². The first-order valence-corrected chi connectivity index (χ1v) is 7.16. The smallest absolute Gasteiger partial charge is 0.410 e. The Hall–Kier alpha value is -2.77. The quantitative estimate of drug-likeness (QED) is 0.481. The first-order chi connectivity index (χ1) is 11.0. The van der Waals surface area contributed by atoms with Crippen LogP contribution in [0.3, 0.4) is 0 Å². The number of benzene rings is 1. The van der Waals surface area contributed by atoms with Gasteiger partial charge < -0.3 is 14.2 Å². The standard InChI is InChI=1S/C15H18N2O6/c1-3-21-15(18)16-6-7-22-13(9-16)10-23-12-4-5-14(17(19)20)11(2)8-12/h4-5,8,10H,3,6-7,9H2,1-2H3/b13-10-. The Bertz CT molecular complexity index is 628. The minimum Gasteiger partial charge on any atom is -0.491 e. The topological polar surface area (TPSA) is 91.1 Å². The van der Waals surface area contributed by atoms with E-state index in [0.717, 1.165) is 0 Å². The van der Waals surface area contributed by atoms with Gasteiger partial charge in [0.1, 0.15) is 18.6 Å². The average Bonchev–Trinajstić information content (AvgIpc) is 2.53. The van der Waals surface area contributed by atoms with E-state index >= 15 is 0 Å². The maximum atomic E-state index is 11.7. The van der Waals surface area contributed by atoms with Crippen LogP contribution in [0.4, 0.5) is 10.5 Å². The molecule has 1 saturated heterocycles. The number of hydrogen-bond acceptors (Lipinski definition) is 6. The number of ether oxygens (including phenoxy) is 3. The highest BCUT2D eigenvalue weighted by Crippen LogP contribution is 2.23. The molecule has 23 heavy (non-hydrogen) atoms. The van der Waals surface area contributed by atoms with Crippen molar-refractivity contribution < 1.29 is 23.9 Å². The van der Waals surface area contributed by atoms with Crippen LogP contribution in [-0.4, -0.2) is 42.2 Å². The van der Waals surface area contributed by atoms with Crippen molar-refractivity contribution >= 4 is 11.8 Å². The Balaban J connectivity index is 2.00. The molecule has 124 valence electrons. The molecule has 8 heteroatoms. The van der Waals surface area contributed by atoms with Gasteiger partial charge in [-0.15, -0.1) is 0 Å². The van der Waals surface area contributed by atoms with E-state index in [1.807, 2.05) is 0 Å². The number of nitro benzene ring substituents is 1. The third-order valence-electron chi connectivity index (χ3n) is 3.21. The van der Waals surface area contributed by atoms with Gasteiger partial charge in [0, 0.05) is 11.6 Å². The number of amides is 1. The number of nitrogens with zero attached hydrogens (tertiary/aromatic N) is 2. The molecule has 8 nitrogen and oxygen atoms in total. The summed E-state index contributed by atoms with van der Waals surface area (Å²) in [5, 5.41) is 10.8. The van der Waals surface area contributed by atoms with Gasteiger partial charge in [-0.05, 0) is 26.0 Å². The Morgan fingerprint density at radius 2 is 2.30 bits per heavy atom. The molecule has 1 fully saturated rings. The molecule has 2 rings (SSSR count). The van der Waals surface area contributed by atoms with Crippen LogP contribution in [0.25, 0.3) is 0 Å². The van der Waals surface area contributed by atoms with E-state index < -0.39 is 11.0 Å². The SMILES string of the molecule is CCOC(=O)N1CCO/C(=C\Oc2ccc([N+](=O)[O-])c(C)c2)C1. The molecule has 0 atom stereocenters. The van der Waals surface area contributed by atoms with Gasteiger partial charge in [0.25, 0.3) is 5.69 Å². The van der Waals surface area contributed by atoms with Crippen LogP contribution in [0.2, 0.25) is 0 Å². The molecule has 1 heterocycles. The van der Waals surface area contributed by atoms with E-state index in [1.54, 1.807) is 19.9 Å². The third-order valence-corrected chi connectivity index (χ3v) is 3.21. The molecule has 0 radical (unpaired) electrons. The number of hydrogen-bond donors (Lipinski definition) is 0. The normalized spacial score (nSPS) is 15.9. The van der Waals surface area contributed by atoms with Gasteiger partial charge in [-0.2, -0.15) is 0 Å². The molecule has 1 amide bonds. The van der Waals surface area contributed by atoms with Gasteiger partial charge in [0.05, 0.1) is 24.6 Å². The zero-order valence-corrected chi connectivity index (χ0v) is 13.0. The average molecular weight is 322 g/mol. The summed E-state index contributed by atoms with van der Waals surface area (Å²) in [6, 6.07) is 4.46. The number of aryl methyl sites for hydroxylation is 1. The van der Waals surface area contributed by atoms with Gasteiger partial charge >= 0.3 is 6.09 Å². The van der Waals surface area contributed by atoms with E-state index in [-0.39, 0.29) is 12.2 Å². The summed E-state index contributed by atoms with van der Waals surface area (Å²) in [6.45, 7) is 4.76. The largest absolute Gasteiger partial charge is 0.491 e. The lowest BCUT2D eigenvalue weighted by Crippen LogP contribution is -2.40. The summed E-state index contributed by atoms with van der Waals surface area (Å²) in [6.07, 6.45) is 0.999. The molecule has 0 aliphatic carbocycles. The summed E-state index contributed by atoms with van der Waals surface area (Å²) < 4.78 is 15.8. The van der Waals surface area contributed by atoms with Crippen molar-refractivity contribution in [2.75, 3.05) is 26.3 Å². The Kier molecular flexibility index (Phi) is 5.40. The van der Waals surface area contributed by atoms with Crippen molar-refractivity contribution in [3.05, 3.63) is 45.9 Å². The molecular formula is C15H18N2O6. The predicted octanol–water partition coefficient (Wildman–Crippen LogP) is 2.61. The number of carbonyl (C=O) groups excluding carboxylic acids is 1. The second kappa shape index (κ2) is 7.48. The molecule has 0 bridgehead atoms. The number of rotatable bonds is 4. The molecule has 0 spiro atoms. The first-order valence-electron chi connectivity index (χ1n) is 7.16. The zero-order chi connectivity index (χ0) is 16.8. The molecule has 1 aromatic rings. The zero-order valence-electron chi connectivity index (χ0n) is 13.0. The molecule has 0 aromatic heterocycles. The van der Waals surface area contributed by atoms with Crippen molar-refractivity contribution in [1.29, 1.82) is 0 Å². The second-order valence-corrected chi connectivity index (χ2v) is 4.88. The minimum atomic E-state index is -0.445. The summed E-state index contributed by atoms with van der Waals surface area (Å²) >= 11 is 0. The minimum absolute atomic E-state index is 0.0346. The Labute approximate surface area is 133 Å². The molecule has 1 aliphatic rings. The number of morpholine rings is 1. The van der Waals surface area contributed by atoms with Gasteiger partial charge in [-0.3, -0.25) is 15.0 Å². The van der Waals surface area contributed by atoms with Crippen molar-refractivity contribution in [1.82, 2.24) is 4.90 Å². The third kappa shape index (κ3) is 4.35. The molecule has 0 saturated carbocycles. The van der Waals surface area contributed by atoms with Crippen LogP contribution in [0.5, 0.6) is 5.75 Å².